The van der Waals surface area contributed by atoms with E-state index in [9.17, 15) is 4.79 Å². The molecule has 0 aromatic carbocycles. The molecule has 1 heterocycles. The first-order valence-electron chi connectivity index (χ1n) is 8.97. The number of aromatic nitrogens is 1. The largest absolute Gasteiger partial charge is 0.356 e. The predicted octanol–water partition coefficient (Wildman–Crippen LogP) is 2.12. The van der Waals surface area contributed by atoms with Gasteiger partial charge in [0.2, 0.25) is 5.91 Å². The molecule has 0 atom stereocenters. The van der Waals surface area contributed by atoms with Gasteiger partial charge in [-0.05, 0) is 26.7 Å². The third-order valence-electron chi connectivity index (χ3n) is 4.94. The Kier molecular flexibility index (Phi) is 6.81. The zero-order valence-corrected chi connectivity index (χ0v) is 16.9. The van der Waals surface area contributed by atoms with Crippen LogP contribution in [0.2, 0.25) is 0 Å². The van der Waals surface area contributed by atoms with Crippen LogP contribution in [0.15, 0.2) is 4.99 Å². The van der Waals surface area contributed by atoms with Crippen molar-refractivity contribution in [2.24, 2.45) is 10.4 Å². The number of rotatable bonds is 6. The average Bonchev–Trinajstić information content (AvgIpc) is 3.18. The first kappa shape index (κ1) is 19.7. The highest BCUT2D eigenvalue weighted by Crippen LogP contribution is 2.38. The number of nitrogens with zero attached hydrogens (tertiary/aromatic N) is 3. The van der Waals surface area contributed by atoms with Crippen molar-refractivity contribution < 1.29 is 4.79 Å². The zero-order valence-electron chi connectivity index (χ0n) is 16.1. The lowest BCUT2D eigenvalue weighted by Crippen LogP contribution is -2.49. The number of carbonyl (C=O) groups excluding carboxylic acids is 1. The summed E-state index contributed by atoms with van der Waals surface area (Å²) in [5, 5.41) is 7.85. The van der Waals surface area contributed by atoms with Crippen LogP contribution in [0, 0.1) is 19.3 Å². The second-order valence-electron chi connectivity index (χ2n) is 7.04. The molecule has 1 fully saturated rings. The number of guanidine groups is 1. The van der Waals surface area contributed by atoms with Gasteiger partial charge < -0.3 is 15.5 Å². The summed E-state index contributed by atoms with van der Waals surface area (Å²) in [7, 11) is 5.45. The maximum Gasteiger partial charge on any atom is 0.230 e. The summed E-state index contributed by atoms with van der Waals surface area (Å²) < 4.78 is 0. The molecule has 0 radical (unpaired) electrons. The van der Waals surface area contributed by atoms with Crippen molar-refractivity contribution in [1.82, 2.24) is 20.5 Å². The fraction of sp³-hybridized carbons (Fsp3) is 0.722. The molecular formula is C18H31N5OS. The van der Waals surface area contributed by atoms with Crippen LogP contribution in [-0.4, -0.2) is 56.0 Å². The number of hydrogen-bond acceptors (Lipinski definition) is 4. The fourth-order valence-corrected chi connectivity index (χ4v) is 4.33. The minimum atomic E-state index is -0.287. The SMILES string of the molecule is CN=C(NCCc1nc(C)c(C)s1)NCC1(C(=O)N(C)C)CCCC1. The number of hydrogen-bond donors (Lipinski definition) is 2. The molecule has 0 saturated heterocycles. The van der Waals surface area contributed by atoms with Gasteiger partial charge in [0.05, 0.1) is 16.1 Å². The van der Waals surface area contributed by atoms with Crippen molar-refractivity contribution in [3.63, 3.8) is 0 Å². The monoisotopic (exact) mass is 365 g/mol. The predicted molar refractivity (Wildman–Crippen MR) is 104 cm³/mol. The van der Waals surface area contributed by atoms with Crippen LogP contribution in [0.5, 0.6) is 0 Å². The normalized spacial score (nSPS) is 16.8. The number of nitrogens with one attached hydrogen (secondary N) is 2. The van der Waals surface area contributed by atoms with E-state index in [1.807, 2.05) is 21.0 Å². The summed E-state index contributed by atoms with van der Waals surface area (Å²) in [6.45, 7) is 5.57. The Bertz CT molecular complexity index is 597. The second kappa shape index (κ2) is 8.65. The van der Waals surface area contributed by atoms with Gasteiger partial charge >= 0.3 is 0 Å². The molecule has 1 aliphatic carbocycles. The summed E-state index contributed by atoms with van der Waals surface area (Å²) in [6, 6.07) is 0. The molecule has 1 amide bonds. The summed E-state index contributed by atoms with van der Waals surface area (Å²) >= 11 is 1.75. The molecule has 6 nitrogen and oxygen atoms in total. The zero-order chi connectivity index (χ0) is 18.4. The molecule has 25 heavy (non-hydrogen) atoms. The van der Waals surface area contributed by atoms with Gasteiger partial charge in [-0.1, -0.05) is 12.8 Å². The number of carbonyl (C=O) groups is 1. The summed E-state index contributed by atoms with van der Waals surface area (Å²) in [5.74, 6) is 0.976. The van der Waals surface area contributed by atoms with E-state index in [2.05, 4.69) is 27.5 Å². The quantitative estimate of drug-likeness (QED) is 0.598. The lowest BCUT2D eigenvalue weighted by Gasteiger charge is -2.31. The maximum absolute atomic E-state index is 12.6. The average molecular weight is 366 g/mol. The van der Waals surface area contributed by atoms with Crippen molar-refractivity contribution in [2.45, 2.75) is 46.0 Å². The Labute approximate surface area is 155 Å². The van der Waals surface area contributed by atoms with Gasteiger partial charge in [-0.3, -0.25) is 9.79 Å². The minimum Gasteiger partial charge on any atom is -0.356 e. The first-order valence-corrected chi connectivity index (χ1v) is 9.79. The van der Waals surface area contributed by atoms with Gasteiger partial charge in [-0.25, -0.2) is 4.98 Å². The van der Waals surface area contributed by atoms with Gasteiger partial charge in [-0.2, -0.15) is 0 Å². The molecule has 2 rings (SSSR count). The minimum absolute atomic E-state index is 0.224. The third-order valence-corrected chi connectivity index (χ3v) is 6.08. The van der Waals surface area contributed by atoms with Crippen molar-refractivity contribution in [3.05, 3.63) is 15.6 Å². The van der Waals surface area contributed by atoms with Crippen molar-refractivity contribution in [2.75, 3.05) is 34.2 Å². The molecule has 140 valence electrons. The lowest BCUT2D eigenvalue weighted by atomic mass is 9.84. The van der Waals surface area contributed by atoms with Crippen LogP contribution in [0.3, 0.4) is 0 Å². The highest BCUT2D eigenvalue weighted by atomic mass is 32.1. The van der Waals surface area contributed by atoms with E-state index < -0.39 is 0 Å². The Morgan fingerprint density at radius 1 is 1.28 bits per heavy atom. The number of amides is 1. The van der Waals surface area contributed by atoms with Crippen molar-refractivity contribution in [1.29, 1.82) is 0 Å². The Morgan fingerprint density at radius 3 is 2.48 bits per heavy atom. The van der Waals surface area contributed by atoms with Gasteiger partial charge in [0.15, 0.2) is 5.96 Å². The van der Waals surface area contributed by atoms with E-state index in [0.717, 1.165) is 55.3 Å². The first-order chi connectivity index (χ1) is 11.9. The van der Waals surface area contributed by atoms with E-state index in [1.165, 1.54) is 4.88 Å². The van der Waals surface area contributed by atoms with Gasteiger partial charge in [0, 0.05) is 45.5 Å². The molecule has 0 unspecified atom stereocenters. The van der Waals surface area contributed by atoms with Crippen LogP contribution in [0.25, 0.3) is 0 Å². The summed E-state index contributed by atoms with van der Waals surface area (Å²) in [6.07, 6.45) is 5.02. The van der Waals surface area contributed by atoms with E-state index in [4.69, 9.17) is 0 Å². The standard InChI is InChI=1S/C18H31N5OS/c1-13-14(2)25-15(22-13)8-11-20-17(19-3)21-12-18(9-6-7-10-18)16(24)23(4)5/h6-12H2,1-5H3,(H2,19,20,21). The number of aliphatic imine (C=N–C) groups is 1. The molecule has 0 aliphatic heterocycles. The lowest BCUT2D eigenvalue weighted by molar-refractivity contribution is -0.138. The molecule has 1 saturated carbocycles. The molecular weight excluding hydrogens is 334 g/mol. The Hall–Kier alpha value is -1.63. The highest BCUT2D eigenvalue weighted by molar-refractivity contribution is 7.11. The topological polar surface area (TPSA) is 69.6 Å². The van der Waals surface area contributed by atoms with E-state index >= 15 is 0 Å². The van der Waals surface area contributed by atoms with Crippen LogP contribution in [-0.2, 0) is 11.2 Å². The van der Waals surface area contributed by atoms with E-state index in [0.29, 0.717) is 6.54 Å². The number of aryl methyl sites for hydroxylation is 2. The van der Waals surface area contributed by atoms with Gasteiger partial charge in [0.25, 0.3) is 0 Å². The van der Waals surface area contributed by atoms with Gasteiger partial charge in [0.1, 0.15) is 0 Å². The smallest absolute Gasteiger partial charge is 0.230 e. The second-order valence-corrected chi connectivity index (χ2v) is 8.33. The fourth-order valence-electron chi connectivity index (χ4n) is 3.40. The van der Waals surface area contributed by atoms with Crippen LogP contribution >= 0.6 is 11.3 Å². The molecule has 0 bridgehead atoms. The Morgan fingerprint density at radius 2 is 1.96 bits per heavy atom. The summed E-state index contributed by atoms with van der Waals surface area (Å²) in [5.41, 5.74) is 0.831. The van der Waals surface area contributed by atoms with Crippen LogP contribution in [0.1, 0.15) is 41.3 Å². The molecule has 7 heteroatoms. The Balaban J connectivity index is 1.85. The highest BCUT2D eigenvalue weighted by Gasteiger charge is 2.42. The third kappa shape index (κ3) is 4.93. The van der Waals surface area contributed by atoms with E-state index in [1.54, 1.807) is 23.3 Å². The molecule has 1 aliphatic rings. The van der Waals surface area contributed by atoms with E-state index in [-0.39, 0.29) is 11.3 Å². The molecule has 1 aromatic heterocycles. The molecule has 0 spiro atoms. The summed E-state index contributed by atoms with van der Waals surface area (Å²) in [4.78, 5) is 24.5. The number of thiazole rings is 1. The van der Waals surface area contributed by atoms with Crippen molar-refractivity contribution in [3.8, 4) is 0 Å². The van der Waals surface area contributed by atoms with Crippen molar-refractivity contribution >= 4 is 23.2 Å². The molecule has 1 aromatic rings. The van der Waals surface area contributed by atoms with Crippen LogP contribution < -0.4 is 10.6 Å². The maximum atomic E-state index is 12.6. The van der Waals surface area contributed by atoms with Crippen LogP contribution in [0.4, 0.5) is 0 Å². The molecule has 2 N–H and O–H groups in total. The van der Waals surface area contributed by atoms with Gasteiger partial charge in [-0.15, -0.1) is 11.3 Å².